The largest absolute Gasteiger partial charge is 0.338 e. The van der Waals surface area contributed by atoms with Crippen LogP contribution in [-0.4, -0.2) is 19.7 Å². The fourth-order valence-corrected chi connectivity index (χ4v) is 5.52. The molecule has 3 heterocycles. The summed E-state index contributed by atoms with van der Waals surface area (Å²) in [5, 5.41) is 5.36. The Morgan fingerprint density at radius 3 is 2.56 bits per heavy atom. The summed E-state index contributed by atoms with van der Waals surface area (Å²) in [4.78, 5) is 24.7. The number of para-hydroxylation sites is 1. The molecule has 3 aromatic heterocycles. The van der Waals surface area contributed by atoms with E-state index < -0.39 is 0 Å². The predicted octanol–water partition coefficient (Wildman–Crippen LogP) is 6.17. The van der Waals surface area contributed by atoms with E-state index in [4.69, 9.17) is 9.51 Å². The van der Waals surface area contributed by atoms with Gasteiger partial charge < -0.3 is 4.52 Å². The second kappa shape index (κ2) is 8.65. The van der Waals surface area contributed by atoms with Gasteiger partial charge in [-0.2, -0.15) is 4.98 Å². The molecule has 0 bridgehead atoms. The molecular formula is C23H17BrN4O2S2. The maximum absolute atomic E-state index is 13.5. The van der Waals surface area contributed by atoms with Crippen LogP contribution in [-0.2, 0) is 5.75 Å². The zero-order valence-corrected chi connectivity index (χ0v) is 20.4. The normalized spacial score (nSPS) is 11.3. The summed E-state index contributed by atoms with van der Waals surface area (Å²) in [5.41, 5.74) is 2.57. The van der Waals surface area contributed by atoms with E-state index in [1.54, 1.807) is 15.9 Å². The van der Waals surface area contributed by atoms with E-state index in [1.807, 2.05) is 68.4 Å². The van der Waals surface area contributed by atoms with Crippen LogP contribution < -0.4 is 5.56 Å². The van der Waals surface area contributed by atoms with Crippen LogP contribution in [0.25, 0.3) is 27.3 Å². The van der Waals surface area contributed by atoms with Crippen LogP contribution in [0.2, 0.25) is 0 Å². The van der Waals surface area contributed by atoms with E-state index in [9.17, 15) is 4.79 Å². The monoisotopic (exact) mass is 524 g/mol. The van der Waals surface area contributed by atoms with Crippen molar-refractivity contribution in [2.24, 2.45) is 0 Å². The summed E-state index contributed by atoms with van der Waals surface area (Å²) in [5.74, 6) is 1.40. The lowest BCUT2D eigenvalue weighted by Gasteiger charge is -2.11. The maximum atomic E-state index is 13.5. The zero-order valence-electron chi connectivity index (χ0n) is 17.2. The van der Waals surface area contributed by atoms with Gasteiger partial charge in [0.1, 0.15) is 4.83 Å². The Bertz CT molecular complexity index is 1470. The SMILES string of the molecule is Cc1sc2nc(SCc3nc(-c4ccc(Br)cc4)no3)n(-c3ccccc3)c(=O)c2c1C. The van der Waals surface area contributed by atoms with Crippen molar-refractivity contribution in [3.63, 3.8) is 0 Å². The van der Waals surface area contributed by atoms with Gasteiger partial charge in [0.15, 0.2) is 5.16 Å². The number of halogens is 1. The van der Waals surface area contributed by atoms with E-state index in [2.05, 4.69) is 26.1 Å². The van der Waals surface area contributed by atoms with Crippen LogP contribution in [0.15, 0.2) is 73.5 Å². The molecule has 32 heavy (non-hydrogen) atoms. The topological polar surface area (TPSA) is 73.8 Å². The van der Waals surface area contributed by atoms with Crippen LogP contribution in [0.1, 0.15) is 16.3 Å². The van der Waals surface area contributed by atoms with Crippen molar-refractivity contribution in [1.82, 2.24) is 19.7 Å². The third-order valence-corrected chi connectivity index (χ3v) is 7.63. The molecule has 0 unspecified atom stereocenters. The summed E-state index contributed by atoms with van der Waals surface area (Å²) in [7, 11) is 0. The first-order chi connectivity index (χ1) is 15.5. The highest BCUT2D eigenvalue weighted by Gasteiger charge is 2.19. The second-order valence-corrected chi connectivity index (χ2v) is 10.2. The second-order valence-electron chi connectivity index (χ2n) is 7.14. The summed E-state index contributed by atoms with van der Waals surface area (Å²) < 4.78 is 8.10. The molecule has 0 aliphatic carbocycles. The van der Waals surface area contributed by atoms with Gasteiger partial charge in [0.05, 0.1) is 16.8 Å². The van der Waals surface area contributed by atoms with Crippen molar-refractivity contribution in [3.05, 3.63) is 85.8 Å². The average Bonchev–Trinajstić information content (AvgIpc) is 3.38. The fraction of sp³-hybridized carbons (Fsp3) is 0.130. The minimum absolute atomic E-state index is 0.0633. The van der Waals surface area contributed by atoms with Crippen molar-refractivity contribution in [3.8, 4) is 17.1 Å². The van der Waals surface area contributed by atoms with Crippen molar-refractivity contribution in [2.45, 2.75) is 24.8 Å². The molecule has 0 atom stereocenters. The smallest absolute Gasteiger partial charge is 0.267 e. The highest BCUT2D eigenvalue weighted by Crippen LogP contribution is 2.31. The van der Waals surface area contributed by atoms with Crippen LogP contribution in [0.5, 0.6) is 0 Å². The molecule has 0 saturated heterocycles. The van der Waals surface area contributed by atoms with E-state index in [0.717, 1.165) is 31.0 Å². The molecule has 0 amide bonds. The molecule has 0 radical (unpaired) electrons. The minimum Gasteiger partial charge on any atom is -0.338 e. The number of hydrogen-bond donors (Lipinski definition) is 0. The van der Waals surface area contributed by atoms with Gasteiger partial charge >= 0.3 is 0 Å². The summed E-state index contributed by atoms with van der Waals surface area (Å²) in [6.45, 7) is 3.99. The molecule has 0 aliphatic rings. The molecule has 6 nitrogen and oxygen atoms in total. The molecule has 9 heteroatoms. The maximum Gasteiger partial charge on any atom is 0.267 e. The summed E-state index contributed by atoms with van der Waals surface area (Å²) in [6.07, 6.45) is 0. The number of nitrogens with zero attached hydrogens (tertiary/aromatic N) is 4. The number of benzene rings is 2. The van der Waals surface area contributed by atoms with Crippen LogP contribution in [0.3, 0.4) is 0 Å². The van der Waals surface area contributed by atoms with Gasteiger partial charge in [-0.05, 0) is 55.8 Å². The first-order valence-electron chi connectivity index (χ1n) is 9.81. The summed E-state index contributed by atoms with van der Waals surface area (Å²) >= 11 is 6.37. The molecule has 5 rings (SSSR count). The van der Waals surface area contributed by atoms with E-state index in [1.165, 1.54) is 11.8 Å². The van der Waals surface area contributed by atoms with E-state index in [-0.39, 0.29) is 5.56 Å². The number of rotatable bonds is 5. The molecule has 0 N–H and O–H groups in total. The Morgan fingerprint density at radius 1 is 1.06 bits per heavy atom. The van der Waals surface area contributed by atoms with Crippen molar-refractivity contribution < 1.29 is 4.52 Å². The standard InChI is InChI=1S/C23H17BrN4O2S2/c1-13-14(2)32-21-19(13)22(29)28(17-6-4-3-5-7-17)23(26-21)31-12-18-25-20(27-30-18)15-8-10-16(24)11-9-15/h3-11H,12H2,1-2H3. The Balaban J connectivity index is 1.52. The average molecular weight is 525 g/mol. The fourth-order valence-electron chi connectivity index (χ4n) is 3.33. The lowest BCUT2D eigenvalue weighted by molar-refractivity contribution is 0.391. The van der Waals surface area contributed by atoms with E-state index >= 15 is 0 Å². The highest BCUT2D eigenvalue weighted by molar-refractivity contribution is 9.10. The zero-order chi connectivity index (χ0) is 22.2. The lowest BCUT2D eigenvalue weighted by Crippen LogP contribution is -2.21. The predicted molar refractivity (Wildman–Crippen MR) is 132 cm³/mol. The Hall–Kier alpha value is -2.75. The first kappa shape index (κ1) is 21.1. The van der Waals surface area contributed by atoms with Gasteiger partial charge in [-0.15, -0.1) is 11.3 Å². The van der Waals surface area contributed by atoms with Crippen LogP contribution >= 0.6 is 39.0 Å². The molecular weight excluding hydrogens is 508 g/mol. The van der Waals surface area contributed by atoms with Crippen LogP contribution in [0.4, 0.5) is 0 Å². The number of thiophene rings is 1. The van der Waals surface area contributed by atoms with Gasteiger partial charge in [0, 0.05) is 14.9 Å². The number of aromatic nitrogens is 4. The Morgan fingerprint density at radius 2 is 1.81 bits per heavy atom. The van der Waals surface area contributed by atoms with Crippen molar-refractivity contribution >= 4 is 49.2 Å². The first-order valence-corrected chi connectivity index (χ1v) is 12.4. The third kappa shape index (κ3) is 3.92. The quantitative estimate of drug-likeness (QED) is 0.202. The van der Waals surface area contributed by atoms with Gasteiger partial charge in [0.2, 0.25) is 11.7 Å². The molecule has 0 spiro atoms. The molecule has 0 aliphatic heterocycles. The summed E-state index contributed by atoms with van der Waals surface area (Å²) in [6, 6.07) is 17.3. The molecule has 160 valence electrons. The molecule has 0 fully saturated rings. The van der Waals surface area contributed by atoms with Gasteiger partial charge in [-0.3, -0.25) is 9.36 Å². The lowest BCUT2D eigenvalue weighted by atomic mass is 10.2. The van der Waals surface area contributed by atoms with Gasteiger partial charge in [-0.1, -0.05) is 51.0 Å². The Kier molecular flexibility index (Phi) is 5.71. The number of hydrogen-bond acceptors (Lipinski definition) is 7. The minimum atomic E-state index is -0.0633. The van der Waals surface area contributed by atoms with E-state index in [0.29, 0.717) is 28.0 Å². The third-order valence-electron chi connectivity index (χ3n) is 5.08. The highest BCUT2D eigenvalue weighted by atomic mass is 79.9. The number of thioether (sulfide) groups is 1. The van der Waals surface area contributed by atoms with Gasteiger partial charge in [-0.25, -0.2) is 4.98 Å². The number of aryl methyl sites for hydroxylation is 2. The molecule has 0 saturated carbocycles. The molecule has 5 aromatic rings. The van der Waals surface area contributed by atoms with Crippen LogP contribution in [0, 0.1) is 13.8 Å². The van der Waals surface area contributed by atoms with Gasteiger partial charge in [0.25, 0.3) is 5.56 Å². The van der Waals surface area contributed by atoms with Crippen molar-refractivity contribution in [1.29, 1.82) is 0 Å². The van der Waals surface area contributed by atoms with Crippen molar-refractivity contribution in [2.75, 3.05) is 0 Å². The number of fused-ring (bicyclic) bond motifs is 1. The molecule has 2 aromatic carbocycles. The Labute approximate surface area is 200 Å².